The van der Waals surface area contributed by atoms with Crippen LogP contribution in [-0.2, 0) is 0 Å². The Kier molecular flexibility index (Phi) is 2.52. The lowest BCUT2D eigenvalue weighted by Gasteiger charge is -2.02. The fourth-order valence-electron chi connectivity index (χ4n) is 1.03. The van der Waals surface area contributed by atoms with Crippen LogP contribution in [0.1, 0.15) is 5.56 Å². The zero-order chi connectivity index (χ0) is 10.5. The van der Waals surface area contributed by atoms with E-state index < -0.39 is 0 Å². The van der Waals surface area contributed by atoms with Crippen molar-refractivity contribution in [3.8, 4) is 17.8 Å². The van der Waals surface area contributed by atoms with Gasteiger partial charge in [0.15, 0.2) is 0 Å². The molecule has 0 saturated heterocycles. The molecule has 0 atom stereocenters. The van der Waals surface area contributed by atoms with E-state index in [2.05, 4.69) is 15.2 Å². The highest BCUT2D eigenvalue weighted by atomic mass is 16.5. The molecule has 1 aromatic heterocycles. The normalized spacial score (nSPS) is 9.27. The molecule has 0 fully saturated rings. The summed E-state index contributed by atoms with van der Waals surface area (Å²) in [6.45, 7) is 0. The summed E-state index contributed by atoms with van der Waals surface area (Å²) in [6, 6.07) is 9.00. The van der Waals surface area contributed by atoms with Crippen molar-refractivity contribution in [1.29, 1.82) is 5.26 Å². The number of rotatable bonds is 2. The largest absolute Gasteiger partial charge is 0.422 e. The van der Waals surface area contributed by atoms with Gasteiger partial charge in [0, 0.05) is 0 Å². The van der Waals surface area contributed by atoms with Gasteiger partial charge >= 0.3 is 6.01 Å². The number of hydrogen-bond acceptors (Lipinski definition) is 5. The molecule has 1 heterocycles. The van der Waals surface area contributed by atoms with Crippen molar-refractivity contribution in [2.45, 2.75) is 0 Å². The van der Waals surface area contributed by atoms with Crippen LogP contribution in [0.5, 0.6) is 11.8 Å². The standard InChI is InChI=1S/C10H6N4O/c11-7-8-3-1-2-4-9(8)15-10-12-5-6-13-14-10/h1-6H. The second-order valence-corrected chi connectivity index (χ2v) is 2.64. The van der Waals surface area contributed by atoms with E-state index >= 15 is 0 Å². The van der Waals surface area contributed by atoms with Crippen LogP contribution < -0.4 is 4.74 Å². The second kappa shape index (κ2) is 4.15. The average molecular weight is 198 g/mol. The molecule has 72 valence electrons. The van der Waals surface area contributed by atoms with E-state index in [0.717, 1.165) is 0 Å². The van der Waals surface area contributed by atoms with Crippen molar-refractivity contribution in [2.75, 3.05) is 0 Å². The van der Waals surface area contributed by atoms with Crippen LogP contribution in [0.4, 0.5) is 0 Å². The Morgan fingerprint density at radius 3 is 2.80 bits per heavy atom. The minimum Gasteiger partial charge on any atom is -0.422 e. The van der Waals surface area contributed by atoms with Gasteiger partial charge in [-0.05, 0) is 12.1 Å². The number of para-hydroxylation sites is 1. The van der Waals surface area contributed by atoms with E-state index in [-0.39, 0.29) is 6.01 Å². The summed E-state index contributed by atoms with van der Waals surface area (Å²) in [5.41, 5.74) is 0.435. The quantitative estimate of drug-likeness (QED) is 0.731. The predicted octanol–water partition coefficient (Wildman–Crippen LogP) is 1.54. The molecule has 0 bridgehead atoms. The lowest BCUT2D eigenvalue weighted by Crippen LogP contribution is -1.94. The third-order valence-electron chi connectivity index (χ3n) is 1.67. The first kappa shape index (κ1) is 9.09. The van der Waals surface area contributed by atoms with Gasteiger partial charge in [-0.25, -0.2) is 4.98 Å². The molecule has 0 spiro atoms. The van der Waals surface area contributed by atoms with Gasteiger partial charge in [-0.3, -0.25) is 0 Å². The van der Waals surface area contributed by atoms with Crippen LogP contribution in [0.2, 0.25) is 0 Å². The molecule has 2 aromatic rings. The van der Waals surface area contributed by atoms with Crippen molar-refractivity contribution >= 4 is 0 Å². The highest BCUT2D eigenvalue weighted by Crippen LogP contribution is 2.20. The van der Waals surface area contributed by atoms with Gasteiger partial charge in [-0.15, -0.1) is 0 Å². The molecular formula is C10H6N4O. The maximum atomic E-state index is 8.81. The zero-order valence-corrected chi connectivity index (χ0v) is 7.66. The first-order valence-electron chi connectivity index (χ1n) is 4.21. The van der Waals surface area contributed by atoms with Crippen molar-refractivity contribution < 1.29 is 4.74 Å². The van der Waals surface area contributed by atoms with E-state index in [1.165, 1.54) is 12.4 Å². The first-order chi connectivity index (χ1) is 7.40. The Morgan fingerprint density at radius 1 is 1.20 bits per heavy atom. The van der Waals surface area contributed by atoms with Crippen molar-refractivity contribution in [1.82, 2.24) is 15.2 Å². The Hall–Kier alpha value is -2.48. The monoisotopic (exact) mass is 198 g/mol. The van der Waals surface area contributed by atoms with Crippen LogP contribution in [0.25, 0.3) is 0 Å². The van der Waals surface area contributed by atoms with Gasteiger partial charge < -0.3 is 4.74 Å². The van der Waals surface area contributed by atoms with Gasteiger partial charge in [0.2, 0.25) is 0 Å². The van der Waals surface area contributed by atoms with E-state index in [1.807, 2.05) is 6.07 Å². The number of nitriles is 1. The van der Waals surface area contributed by atoms with Gasteiger partial charge in [0.05, 0.1) is 18.0 Å². The minimum absolute atomic E-state index is 0.125. The van der Waals surface area contributed by atoms with E-state index in [1.54, 1.807) is 24.3 Å². The molecular weight excluding hydrogens is 192 g/mol. The Labute approximate surface area is 86.0 Å². The molecule has 0 unspecified atom stereocenters. The van der Waals surface area contributed by atoms with Crippen molar-refractivity contribution in [3.05, 3.63) is 42.2 Å². The van der Waals surface area contributed by atoms with Gasteiger partial charge in [-0.1, -0.05) is 17.2 Å². The molecule has 15 heavy (non-hydrogen) atoms. The number of benzene rings is 1. The molecule has 0 aliphatic rings. The fourth-order valence-corrected chi connectivity index (χ4v) is 1.03. The summed E-state index contributed by atoms with van der Waals surface area (Å²) in [5, 5.41) is 16.1. The number of aromatic nitrogens is 3. The van der Waals surface area contributed by atoms with Gasteiger partial charge in [0.25, 0.3) is 0 Å². The lowest BCUT2D eigenvalue weighted by atomic mass is 10.2. The summed E-state index contributed by atoms with van der Waals surface area (Å²) < 4.78 is 5.29. The molecule has 0 aliphatic heterocycles. The van der Waals surface area contributed by atoms with E-state index in [0.29, 0.717) is 11.3 Å². The van der Waals surface area contributed by atoms with Crippen LogP contribution in [-0.4, -0.2) is 15.2 Å². The molecule has 0 amide bonds. The number of nitrogens with zero attached hydrogens (tertiary/aromatic N) is 4. The lowest BCUT2D eigenvalue weighted by molar-refractivity contribution is 0.432. The SMILES string of the molecule is N#Cc1ccccc1Oc1nccnn1. The molecule has 0 saturated carbocycles. The minimum atomic E-state index is 0.125. The summed E-state index contributed by atoms with van der Waals surface area (Å²) in [5.74, 6) is 0.424. The van der Waals surface area contributed by atoms with Crippen LogP contribution in [0, 0.1) is 11.3 Å². The molecule has 0 N–H and O–H groups in total. The summed E-state index contributed by atoms with van der Waals surface area (Å²) >= 11 is 0. The Morgan fingerprint density at radius 2 is 2.07 bits per heavy atom. The smallest absolute Gasteiger partial charge is 0.341 e. The summed E-state index contributed by atoms with van der Waals surface area (Å²) in [6.07, 6.45) is 2.92. The van der Waals surface area contributed by atoms with E-state index in [9.17, 15) is 0 Å². The number of hydrogen-bond donors (Lipinski definition) is 0. The topological polar surface area (TPSA) is 71.7 Å². The molecule has 1 aromatic carbocycles. The molecule has 0 aliphatic carbocycles. The van der Waals surface area contributed by atoms with Crippen LogP contribution in [0.15, 0.2) is 36.7 Å². The highest BCUT2D eigenvalue weighted by molar-refractivity contribution is 5.43. The summed E-state index contributed by atoms with van der Waals surface area (Å²) in [7, 11) is 0. The maximum Gasteiger partial charge on any atom is 0.341 e. The van der Waals surface area contributed by atoms with Crippen LogP contribution >= 0.6 is 0 Å². The third-order valence-corrected chi connectivity index (χ3v) is 1.67. The second-order valence-electron chi connectivity index (χ2n) is 2.64. The highest BCUT2D eigenvalue weighted by Gasteiger charge is 2.04. The predicted molar refractivity (Wildman–Crippen MR) is 51.1 cm³/mol. The molecule has 5 heteroatoms. The summed E-state index contributed by atoms with van der Waals surface area (Å²) in [4.78, 5) is 3.84. The van der Waals surface area contributed by atoms with E-state index in [4.69, 9.17) is 10.00 Å². The number of ether oxygens (including phenoxy) is 1. The van der Waals surface area contributed by atoms with Gasteiger partial charge in [-0.2, -0.15) is 10.4 Å². The van der Waals surface area contributed by atoms with Crippen molar-refractivity contribution in [3.63, 3.8) is 0 Å². The molecule has 0 radical (unpaired) electrons. The Bertz CT molecular complexity index is 492. The first-order valence-corrected chi connectivity index (χ1v) is 4.21. The fraction of sp³-hybridized carbons (Fsp3) is 0. The van der Waals surface area contributed by atoms with Crippen molar-refractivity contribution in [2.24, 2.45) is 0 Å². The average Bonchev–Trinajstić information content (AvgIpc) is 2.31. The Balaban J connectivity index is 2.29. The maximum absolute atomic E-state index is 8.81. The third kappa shape index (κ3) is 2.06. The van der Waals surface area contributed by atoms with Gasteiger partial charge in [0.1, 0.15) is 11.8 Å². The molecule has 5 nitrogen and oxygen atoms in total. The molecule has 2 rings (SSSR count). The zero-order valence-electron chi connectivity index (χ0n) is 7.66. The van der Waals surface area contributed by atoms with Crippen LogP contribution in [0.3, 0.4) is 0 Å².